The molecular weight excluding hydrogens is 152 g/mol. The van der Waals surface area contributed by atoms with Gasteiger partial charge in [-0.2, -0.15) is 0 Å². The zero-order valence-electron chi connectivity index (χ0n) is 7.50. The lowest BCUT2D eigenvalue weighted by atomic mass is 9.97. The van der Waals surface area contributed by atoms with E-state index in [0.29, 0.717) is 5.92 Å². The molecule has 0 heterocycles. The summed E-state index contributed by atoms with van der Waals surface area (Å²) in [6.07, 6.45) is 7.13. The Hall–Kier alpha value is -0.0800. The van der Waals surface area contributed by atoms with Gasteiger partial charge in [-0.15, -0.1) is 0 Å². The summed E-state index contributed by atoms with van der Waals surface area (Å²) in [6, 6.07) is 0. The highest BCUT2D eigenvalue weighted by atomic mass is 16.3. The van der Waals surface area contributed by atoms with Crippen molar-refractivity contribution in [2.24, 2.45) is 5.92 Å². The molecule has 0 aromatic heterocycles. The van der Waals surface area contributed by atoms with Crippen LogP contribution in [0.4, 0.5) is 0 Å². The van der Waals surface area contributed by atoms with Gasteiger partial charge in [-0.25, -0.2) is 0 Å². The molecule has 2 nitrogen and oxygen atoms in total. The fraction of sp³-hybridized carbons (Fsp3) is 1.00. The standard InChI is InChI=1S/C10H18O2/c11-9-3-1-2-8(9)4-5-10(12)6-7-10/h8-9,11-12H,1-7H2. The number of aliphatic hydroxyl groups is 2. The lowest BCUT2D eigenvalue weighted by Gasteiger charge is -2.15. The molecule has 0 amide bonds. The Morgan fingerprint density at radius 1 is 1.25 bits per heavy atom. The molecule has 2 unspecified atom stereocenters. The van der Waals surface area contributed by atoms with Crippen LogP contribution in [0, 0.1) is 5.92 Å². The zero-order chi connectivity index (χ0) is 8.60. The van der Waals surface area contributed by atoms with Crippen LogP contribution in [0.2, 0.25) is 0 Å². The van der Waals surface area contributed by atoms with E-state index in [1.807, 2.05) is 0 Å². The van der Waals surface area contributed by atoms with Gasteiger partial charge in [0.1, 0.15) is 0 Å². The van der Waals surface area contributed by atoms with Gasteiger partial charge in [0.2, 0.25) is 0 Å². The van der Waals surface area contributed by atoms with Crippen molar-refractivity contribution in [3.8, 4) is 0 Å². The number of aliphatic hydroxyl groups excluding tert-OH is 1. The van der Waals surface area contributed by atoms with Crippen LogP contribution < -0.4 is 0 Å². The molecule has 12 heavy (non-hydrogen) atoms. The van der Waals surface area contributed by atoms with Crippen LogP contribution in [0.1, 0.15) is 44.9 Å². The summed E-state index contributed by atoms with van der Waals surface area (Å²) < 4.78 is 0. The molecule has 0 radical (unpaired) electrons. The first-order valence-corrected chi connectivity index (χ1v) is 5.10. The molecule has 2 aliphatic rings. The molecule has 2 rings (SSSR count). The van der Waals surface area contributed by atoms with Crippen LogP contribution in [0.25, 0.3) is 0 Å². The highest BCUT2D eigenvalue weighted by Crippen LogP contribution is 2.42. The van der Waals surface area contributed by atoms with Gasteiger partial charge < -0.3 is 10.2 Å². The SMILES string of the molecule is OC1CCCC1CCC1(O)CC1. The lowest BCUT2D eigenvalue weighted by molar-refractivity contribution is 0.0955. The Morgan fingerprint density at radius 2 is 2.00 bits per heavy atom. The molecule has 0 spiro atoms. The van der Waals surface area contributed by atoms with E-state index in [9.17, 15) is 10.2 Å². The van der Waals surface area contributed by atoms with Crippen LogP contribution in [0.3, 0.4) is 0 Å². The van der Waals surface area contributed by atoms with Crippen molar-refractivity contribution in [3.05, 3.63) is 0 Å². The van der Waals surface area contributed by atoms with Gasteiger partial charge in [0.25, 0.3) is 0 Å². The Bertz CT molecular complexity index is 163. The van der Waals surface area contributed by atoms with E-state index in [-0.39, 0.29) is 11.7 Å². The highest BCUT2D eigenvalue weighted by Gasteiger charge is 2.40. The van der Waals surface area contributed by atoms with Gasteiger partial charge in [0.05, 0.1) is 11.7 Å². The predicted molar refractivity (Wildman–Crippen MR) is 46.8 cm³/mol. The van der Waals surface area contributed by atoms with Gasteiger partial charge in [-0.05, 0) is 44.4 Å². The van der Waals surface area contributed by atoms with E-state index in [2.05, 4.69) is 0 Å². The van der Waals surface area contributed by atoms with Crippen molar-refractivity contribution < 1.29 is 10.2 Å². The summed E-state index contributed by atoms with van der Waals surface area (Å²) in [5.41, 5.74) is -0.317. The van der Waals surface area contributed by atoms with Crippen LogP contribution >= 0.6 is 0 Å². The minimum absolute atomic E-state index is 0.0765. The second kappa shape index (κ2) is 3.00. The Kier molecular flexibility index (Phi) is 2.13. The van der Waals surface area contributed by atoms with Gasteiger partial charge in [0, 0.05) is 0 Å². The first-order valence-electron chi connectivity index (χ1n) is 5.10. The van der Waals surface area contributed by atoms with Gasteiger partial charge in [-0.3, -0.25) is 0 Å². The third-order valence-corrected chi connectivity index (χ3v) is 3.43. The molecule has 0 bridgehead atoms. The first kappa shape index (κ1) is 8.52. The Labute approximate surface area is 73.6 Å². The molecule has 70 valence electrons. The van der Waals surface area contributed by atoms with Crippen LogP contribution in [0.15, 0.2) is 0 Å². The van der Waals surface area contributed by atoms with Gasteiger partial charge in [-0.1, -0.05) is 6.42 Å². The summed E-state index contributed by atoms with van der Waals surface area (Å²) in [6.45, 7) is 0. The normalized spacial score (nSPS) is 38.5. The maximum Gasteiger partial charge on any atom is 0.0650 e. The zero-order valence-corrected chi connectivity index (χ0v) is 7.50. The second-order valence-electron chi connectivity index (χ2n) is 4.52. The number of hydrogen-bond donors (Lipinski definition) is 2. The van der Waals surface area contributed by atoms with E-state index >= 15 is 0 Å². The van der Waals surface area contributed by atoms with Crippen molar-refractivity contribution in [2.75, 3.05) is 0 Å². The van der Waals surface area contributed by atoms with Crippen molar-refractivity contribution in [3.63, 3.8) is 0 Å². The van der Waals surface area contributed by atoms with Crippen molar-refractivity contribution >= 4 is 0 Å². The second-order valence-corrected chi connectivity index (χ2v) is 4.52. The van der Waals surface area contributed by atoms with Crippen LogP contribution in [0.5, 0.6) is 0 Å². The van der Waals surface area contributed by atoms with E-state index in [0.717, 1.165) is 38.5 Å². The smallest absolute Gasteiger partial charge is 0.0650 e. The summed E-state index contributed by atoms with van der Waals surface area (Å²) in [7, 11) is 0. The van der Waals surface area contributed by atoms with Gasteiger partial charge >= 0.3 is 0 Å². The number of rotatable bonds is 3. The molecule has 2 fully saturated rings. The largest absolute Gasteiger partial charge is 0.393 e. The predicted octanol–water partition coefficient (Wildman–Crippen LogP) is 1.45. The molecule has 2 heteroatoms. The fourth-order valence-electron chi connectivity index (χ4n) is 2.20. The molecule has 2 N–H and O–H groups in total. The average Bonchev–Trinajstić information content (AvgIpc) is 2.61. The molecule has 0 aromatic rings. The monoisotopic (exact) mass is 170 g/mol. The maximum absolute atomic E-state index is 9.59. The lowest BCUT2D eigenvalue weighted by Crippen LogP contribution is -2.16. The minimum atomic E-state index is -0.317. The molecular formula is C10H18O2. The average molecular weight is 170 g/mol. The summed E-state index contributed by atoms with van der Waals surface area (Å²) in [5, 5.41) is 19.1. The quantitative estimate of drug-likeness (QED) is 0.673. The molecule has 2 atom stereocenters. The first-order chi connectivity index (χ1) is 5.70. The summed E-state index contributed by atoms with van der Waals surface area (Å²) in [5.74, 6) is 0.481. The molecule has 0 aliphatic heterocycles. The van der Waals surface area contributed by atoms with Crippen molar-refractivity contribution in [2.45, 2.75) is 56.7 Å². The minimum Gasteiger partial charge on any atom is -0.393 e. The van der Waals surface area contributed by atoms with Gasteiger partial charge in [0.15, 0.2) is 0 Å². The summed E-state index contributed by atoms with van der Waals surface area (Å²) >= 11 is 0. The fourth-order valence-corrected chi connectivity index (χ4v) is 2.20. The number of hydrogen-bond acceptors (Lipinski definition) is 2. The van der Waals surface area contributed by atoms with E-state index < -0.39 is 0 Å². The molecule has 2 aliphatic carbocycles. The van der Waals surface area contributed by atoms with E-state index in [4.69, 9.17) is 0 Å². The summed E-state index contributed by atoms with van der Waals surface area (Å²) in [4.78, 5) is 0. The third kappa shape index (κ3) is 1.80. The maximum atomic E-state index is 9.59. The van der Waals surface area contributed by atoms with Crippen LogP contribution in [-0.4, -0.2) is 21.9 Å². The topological polar surface area (TPSA) is 40.5 Å². The Morgan fingerprint density at radius 3 is 2.50 bits per heavy atom. The van der Waals surface area contributed by atoms with Crippen molar-refractivity contribution in [1.29, 1.82) is 0 Å². The molecule has 0 saturated heterocycles. The van der Waals surface area contributed by atoms with E-state index in [1.165, 1.54) is 6.42 Å². The van der Waals surface area contributed by atoms with E-state index in [1.54, 1.807) is 0 Å². The Balaban J connectivity index is 1.72. The highest BCUT2D eigenvalue weighted by molar-refractivity contribution is 4.94. The third-order valence-electron chi connectivity index (χ3n) is 3.43. The van der Waals surface area contributed by atoms with Crippen molar-refractivity contribution in [1.82, 2.24) is 0 Å². The molecule has 0 aromatic carbocycles. The van der Waals surface area contributed by atoms with Crippen LogP contribution in [-0.2, 0) is 0 Å². The molecule has 2 saturated carbocycles.